The summed E-state index contributed by atoms with van der Waals surface area (Å²) in [6.07, 6.45) is 0.767. The lowest BCUT2D eigenvalue weighted by Crippen LogP contribution is -2.36. The molecule has 2 N–H and O–H groups in total. The lowest BCUT2D eigenvalue weighted by atomic mass is 9.91. The average molecular weight is 498 g/mol. The molecule has 1 aromatic carbocycles. The van der Waals surface area contributed by atoms with Crippen LogP contribution < -0.4 is 5.32 Å². The summed E-state index contributed by atoms with van der Waals surface area (Å²) in [5.74, 6) is 0.259. The summed E-state index contributed by atoms with van der Waals surface area (Å²) in [4.78, 5) is 27.3. The lowest BCUT2D eigenvalue weighted by molar-refractivity contribution is -0.143. The van der Waals surface area contributed by atoms with Crippen LogP contribution in [0.25, 0.3) is 22.0 Å². The van der Waals surface area contributed by atoms with Gasteiger partial charge >= 0.3 is 0 Å². The molecule has 4 heterocycles. The zero-order valence-corrected chi connectivity index (χ0v) is 19.4. The average Bonchev–Trinajstić information content (AvgIpc) is 3.57. The van der Waals surface area contributed by atoms with E-state index in [0.717, 1.165) is 10.2 Å². The summed E-state index contributed by atoms with van der Waals surface area (Å²) in [5.41, 5.74) is 0.937. The number of carbonyl (C=O) groups is 1. The number of aliphatic hydroxyl groups is 1. The molecule has 1 fully saturated rings. The molecular formula is C23H21F2N7O2S. The fraction of sp³-hybridized carbons (Fsp3) is 0.261. The molecule has 1 saturated heterocycles. The minimum Gasteiger partial charge on any atom is -0.375 e. The van der Waals surface area contributed by atoms with Crippen LogP contribution in [0.15, 0.2) is 54.2 Å². The predicted molar refractivity (Wildman–Crippen MR) is 126 cm³/mol. The molecule has 1 unspecified atom stereocenters. The van der Waals surface area contributed by atoms with Gasteiger partial charge in [-0.3, -0.25) is 4.79 Å². The maximum absolute atomic E-state index is 12.8. The van der Waals surface area contributed by atoms with Crippen molar-refractivity contribution in [1.82, 2.24) is 29.6 Å². The number of likely N-dealkylation sites (tertiary alicyclic amines) is 1. The van der Waals surface area contributed by atoms with Crippen LogP contribution in [0, 0.1) is 0 Å². The van der Waals surface area contributed by atoms with E-state index in [2.05, 4.69) is 25.4 Å². The van der Waals surface area contributed by atoms with Crippen molar-refractivity contribution < 1.29 is 18.7 Å². The van der Waals surface area contributed by atoms with Gasteiger partial charge in [-0.1, -0.05) is 18.2 Å². The van der Waals surface area contributed by atoms with Crippen molar-refractivity contribution >= 4 is 29.0 Å². The van der Waals surface area contributed by atoms with Crippen LogP contribution in [-0.4, -0.2) is 60.7 Å². The highest BCUT2D eigenvalue weighted by Crippen LogP contribution is 2.36. The van der Waals surface area contributed by atoms with Crippen molar-refractivity contribution in [1.29, 1.82) is 0 Å². The first-order valence-electron chi connectivity index (χ1n) is 10.8. The molecule has 12 heteroatoms. The summed E-state index contributed by atoms with van der Waals surface area (Å²) in [5, 5.41) is 20.3. The second-order valence-electron chi connectivity index (χ2n) is 8.14. The lowest BCUT2D eigenvalue weighted by Gasteiger charge is -2.21. The highest BCUT2D eigenvalue weighted by Gasteiger charge is 2.45. The molecule has 35 heavy (non-hydrogen) atoms. The number of benzene rings is 1. The zero-order chi connectivity index (χ0) is 24.6. The number of rotatable bonds is 7. The Kier molecular flexibility index (Phi) is 5.99. The molecule has 3 aromatic heterocycles. The van der Waals surface area contributed by atoms with E-state index < -0.39 is 18.6 Å². The number of carbonyl (C=O) groups excluding carboxylic acids is 1. The van der Waals surface area contributed by atoms with Gasteiger partial charge in [-0.25, -0.2) is 28.4 Å². The SMILES string of the molecule is CN1CCC(O)(c2cccc(-c3nc(-c4ccnc(Nc5ccnn5CC(F)F)n4)cs3)c2)C1=O. The van der Waals surface area contributed by atoms with Crippen LogP contribution >= 0.6 is 11.3 Å². The summed E-state index contributed by atoms with van der Waals surface area (Å²) < 4.78 is 26.7. The Morgan fingerprint density at radius 2 is 2.06 bits per heavy atom. The molecule has 1 aliphatic rings. The van der Waals surface area contributed by atoms with Gasteiger partial charge in [0.25, 0.3) is 12.3 Å². The van der Waals surface area contributed by atoms with Crippen molar-refractivity contribution in [3.63, 3.8) is 0 Å². The molecule has 0 radical (unpaired) electrons. The fourth-order valence-electron chi connectivity index (χ4n) is 3.95. The van der Waals surface area contributed by atoms with Crippen LogP contribution in [0.3, 0.4) is 0 Å². The number of alkyl halides is 2. The third-order valence-electron chi connectivity index (χ3n) is 5.79. The Bertz CT molecular complexity index is 1380. The third kappa shape index (κ3) is 4.49. The maximum atomic E-state index is 12.8. The Balaban J connectivity index is 1.38. The van der Waals surface area contributed by atoms with Gasteiger partial charge in [0, 0.05) is 43.2 Å². The Morgan fingerprint density at radius 3 is 2.83 bits per heavy atom. The first kappa shape index (κ1) is 23.0. The molecule has 0 aliphatic carbocycles. The van der Waals surface area contributed by atoms with Crippen LogP contribution in [0.2, 0.25) is 0 Å². The van der Waals surface area contributed by atoms with Crippen LogP contribution in [-0.2, 0) is 16.9 Å². The minimum absolute atomic E-state index is 0.223. The van der Waals surface area contributed by atoms with Gasteiger partial charge in [0.1, 0.15) is 23.1 Å². The minimum atomic E-state index is -2.54. The third-order valence-corrected chi connectivity index (χ3v) is 6.68. The number of hydrogen-bond acceptors (Lipinski definition) is 8. The van der Waals surface area contributed by atoms with Gasteiger partial charge in [0.05, 0.1) is 11.9 Å². The van der Waals surface area contributed by atoms with E-state index in [1.807, 2.05) is 11.4 Å². The number of nitrogens with zero attached hydrogens (tertiary/aromatic N) is 6. The summed E-state index contributed by atoms with van der Waals surface area (Å²) in [6.45, 7) is -0.0471. The molecule has 0 saturated carbocycles. The van der Waals surface area contributed by atoms with Crippen molar-refractivity contribution in [2.45, 2.75) is 25.0 Å². The van der Waals surface area contributed by atoms with E-state index in [4.69, 9.17) is 0 Å². The van der Waals surface area contributed by atoms with Crippen molar-refractivity contribution in [3.8, 4) is 22.0 Å². The summed E-state index contributed by atoms with van der Waals surface area (Å²) in [6, 6.07) is 10.5. The number of thiazole rings is 1. The number of likely N-dealkylation sites (N-methyl/N-ethyl adjacent to an activating group) is 1. The number of anilines is 2. The van der Waals surface area contributed by atoms with E-state index >= 15 is 0 Å². The Morgan fingerprint density at radius 1 is 1.20 bits per heavy atom. The summed E-state index contributed by atoms with van der Waals surface area (Å²) >= 11 is 1.40. The molecule has 0 bridgehead atoms. The second-order valence-corrected chi connectivity index (χ2v) is 8.99. The molecule has 1 amide bonds. The smallest absolute Gasteiger partial charge is 0.258 e. The zero-order valence-electron chi connectivity index (χ0n) is 18.6. The molecule has 5 rings (SSSR count). The topological polar surface area (TPSA) is 109 Å². The molecule has 180 valence electrons. The first-order chi connectivity index (χ1) is 16.8. The maximum Gasteiger partial charge on any atom is 0.258 e. The molecular weight excluding hydrogens is 476 g/mol. The van der Waals surface area contributed by atoms with Gasteiger partial charge in [-0.05, 0) is 17.7 Å². The predicted octanol–water partition coefficient (Wildman–Crippen LogP) is 3.52. The van der Waals surface area contributed by atoms with Crippen LogP contribution in [0.4, 0.5) is 20.5 Å². The van der Waals surface area contributed by atoms with Gasteiger partial charge in [-0.2, -0.15) is 5.10 Å². The van der Waals surface area contributed by atoms with Gasteiger partial charge < -0.3 is 15.3 Å². The van der Waals surface area contributed by atoms with Crippen molar-refractivity contribution in [2.24, 2.45) is 0 Å². The van der Waals surface area contributed by atoms with Crippen molar-refractivity contribution in [2.75, 3.05) is 18.9 Å². The molecule has 4 aromatic rings. The van der Waals surface area contributed by atoms with E-state index in [9.17, 15) is 18.7 Å². The number of halogens is 2. The van der Waals surface area contributed by atoms with E-state index in [1.54, 1.807) is 43.6 Å². The fourth-order valence-corrected chi connectivity index (χ4v) is 4.76. The van der Waals surface area contributed by atoms with Crippen LogP contribution in [0.5, 0.6) is 0 Å². The standard InChI is InChI=1S/C23H21F2N7O2S/c1-31-10-7-23(34,21(31)33)15-4-2-3-14(11-15)20-28-17(13-35-20)16-5-8-26-22(29-16)30-19-6-9-27-32(19)12-18(24)25/h2-6,8-9,11,13,18,34H,7,10,12H2,1H3,(H,26,29,30). The number of nitrogens with one attached hydrogen (secondary N) is 1. The first-order valence-corrected chi connectivity index (χ1v) is 11.7. The monoisotopic (exact) mass is 497 g/mol. The van der Waals surface area contributed by atoms with E-state index in [0.29, 0.717) is 40.7 Å². The van der Waals surface area contributed by atoms with E-state index in [-0.39, 0.29) is 11.9 Å². The van der Waals surface area contributed by atoms with Crippen LogP contribution in [0.1, 0.15) is 12.0 Å². The Hall–Kier alpha value is -3.77. The quantitative estimate of drug-likeness (QED) is 0.402. The van der Waals surface area contributed by atoms with Gasteiger partial charge in [0.2, 0.25) is 5.95 Å². The molecule has 0 spiro atoms. The normalized spacial score (nSPS) is 18.0. The number of aromatic nitrogens is 5. The van der Waals surface area contributed by atoms with Gasteiger partial charge in [-0.15, -0.1) is 11.3 Å². The largest absolute Gasteiger partial charge is 0.375 e. The second kappa shape index (κ2) is 9.12. The summed E-state index contributed by atoms with van der Waals surface area (Å²) in [7, 11) is 1.68. The molecule has 1 aliphatic heterocycles. The highest BCUT2D eigenvalue weighted by molar-refractivity contribution is 7.13. The number of amides is 1. The highest BCUT2D eigenvalue weighted by atomic mass is 32.1. The molecule has 1 atom stereocenters. The number of hydrogen-bond donors (Lipinski definition) is 2. The van der Waals surface area contributed by atoms with E-state index in [1.165, 1.54) is 22.4 Å². The van der Waals surface area contributed by atoms with Crippen molar-refractivity contribution in [3.05, 3.63) is 59.7 Å². The Labute approximate surface area is 203 Å². The van der Waals surface area contributed by atoms with Gasteiger partial charge in [0.15, 0.2) is 5.60 Å². The molecule has 9 nitrogen and oxygen atoms in total.